The monoisotopic (exact) mass is 597 g/mol. The fourth-order valence-corrected chi connectivity index (χ4v) is 3.98. The van der Waals surface area contributed by atoms with E-state index < -0.39 is 12.0 Å². The number of carbonyl (C=O) groups is 3. The number of imidazole rings is 1. The summed E-state index contributed by atoms with van der Waals surface area (Å²) >= 11 is 6.23. The van der Waals surface area contributed by atoms with Crippen LogP contribution in [-0.4, -0.2) is 55.0 Å². The number of aromatic nitrogens is 4. The first-order chi connectivity index (χ1) is 20.2. The molecule has 0 aliphatic heterocycles. The first kappa shape index (κ1) is 33.8. The van der Waals surface area contributed by atoms with Gasteiger partial charge in [0, 0.05) is 41.9 Å². The van der Waals surface area contributed by atoms with E-state index in [4.69, 9.17) is 16.7 Å². The van der Waals surface area contributed by atoms with E-state index in [2.05, 4.69) is 20.3 Å². The molecule has 0 bridgehead atoms. The maximum atomic E-state index is 13.1. The van der Waals surface area contributed by atoms with Crippen molar-refractivity contribution in [3.05, 3.63) is 65.1 Å². The van der Waals surface area contributed by atoms with Gasteiger partial charge in [-0.2, -0.15) is 4.98 Å². The molecule has 226 valence electrons. The molecule has 1 saturated carbocycles. The van der Waals surface area contributed by atoms with Crippen LogP contribution in [0.15, 0.2) is 48.7 Å². The Bertz CT molecular complexity index is 1470. The van der Waals surface area contributed by atoms with Crippen LogP contribution in [0.2, 0.25) is 5.02 Å². The molecule has 5 rings (SSSR count). The number of aromatic amines is 1. The summed E-state index contributed by atoms with van der Waals surface area (Å²) in [4.78, 5) is 49.0. The number of hydrogen-bond donors (Lipinski definition) is 3. The number of nitrogens with one attached hydrogen (secondary N) is 2. The second kappa shape index (κ2) is 16.2. The number of amides is 3. The first-order valence-corrected chi connectivity index (χ1v) is 14.3. The smallest absolute Gasteiger partial charge is 0.332 e. The summed E-state index contributed by atoms with van der Waals surface area (Å²) in [5.74, 6) is 0.981. The third-order valence-electron chi connectivity index (χ3n) is 6.17. The SMILES string of the molecule is CC.CC.Cc1c(N(C)C(=O)N(C=O)Cc2cc3c(Cl)cccc3[nH]2)nc(Nc2ccccn2)n1C.O=C(O)C1CC1. The first-order valence-electron chi connectivity index (χ1n) is 13.9. The highest BCUT2D eigenvalue weighted by molar-refractivity contribution is 6.35. The predicted molar refractivity (Wildman–Crippen MR) is 167 cm³/mol. The van der Waals surface area contributed by atoms with Gasteiger partial charge in [-0.3, -0.25) is 19.4 Å². The molecular weight excluding hydrogens is 558 g/mol. The number of urea groups is 1. The molecule has 3 aromatic heterocycles. The number of benzene rings is 1. The third kappa shape index (κ3) is 8.56. The van der Waals surface area contributed by atoms with Crippen molar-refractivity contribution in [3.8, 4) is 0 Å². The number of carboxylic acid groups (broad SMARTS) is 1. The maximum Gasteiger partial charge on any atom is 0.332 e. The Morgan fingerprint density at radius 2 is 1.86 bits per heavy atom. The molecule has 0 unspecified atom stereocenters. The van der Waals surface area contributed by atoms with E-state index in [-0.39, 0.29) is 12.5 Å². The molecule has 3 heterocycles. The van der Waals surface area contributed by atoms with Crippen LogP contribution in [0.25, 0.3) is 10.9 Å². The Balaban J connectivity index is 0.000000533. The molecule has 4 aromatic rings. The summed E-state index contributed by atoms with van der Waals surface area (Å²) in [7, 11) is 3.42. The Morgan fingerprint density at radius 3 is 2.38 bits per heavy atom. The maximum absolute atomic E-state index is 13.1. The van der Waals surface area contributed by atoms with Crippen molar-refractivity contribution in [1.29, 1.82) is 0 Å². The second-order valence-corrected chi connectivity index (χ2v) is 9.33. The minimum Gasteiger partial charge on any atom is -0.481 e. The zero-order valence-electron chi connectivity index (χ0n) is 25.2. The van der Waals surface area contributed by atoms with Gasteiger partial charge in [-0.1, -0.05) is 51.4 Å². The van der Waals surface area contributed by atoms with E-state index in [1.807, 2.05) is 82.6 Å². The van der Waals surface area contributed by atoms with Gasteiger partial charge < -0.3 is 20.0 Å². The summed E-state index contributed by atoms with van der Waals surface area (Å²) in [5, 5.41) is 12.6. The molecule has 0 spiro atoms. The van der Waals surface area contributed by atoms with E-state index in [1.165, 1.54) is 4.90 Å². The van der Waals surface area contributed by atoms with Crippen LogP contribution in [0.5, 0.6) is 0 Å². The minimum atomic E-state index is -0.630. The number of anilines is 3. The number of fused-ring (bicyclic) bond motifs is 1. The molecular formula is C30H40ClN7O4. The van der Waals surface area contributed by atoms with Gasteiger partial charge in [-0.25, -0.2) is 9.78 Å². The third-order valence-corrected chi connectivity index (χ3v) is 6.50. The molecule has 1 aliphatic carbocycles. The van der Waals surface area contributed by atoms with Crippen LogP contribution >= 0.6 is 11.6 Å². The number of carboxylic acids is 1. The number of halogens is 1. The highest BCUT2D eigenvalue weighted by atomic mass is 35.5. The number of hydrogen-bond acceptors (Lipinski definition) is 6. The summed E-state index contributed by atoms with van der Waals surface area (Å²) in [6.45, 7) is 9.92. The largest absolute Gasteiger partial charge is 0.481 e. The van der Waals surface area contributed by atoms with E-state index in [0.717, 1.165) is 34.3 Å². The van der Waals surface area contributed by atoms with Crippen molar-refractivity contribution >= 4 is 58.5 Å². The van der Waals surface area contributed by atoms with Gasteiger partial charge in [0.25, 0.3) is 0 Å². The van der Waals surface area contributed by atoms with E-state index in [0.29, 0.717) is 34.7 Å². The van der Waals surface area contributed by atoms with Gasteiger partial charge in [0.1, 0.15) is 5.82 Å². The lowest BCUT2D eigenvalue weighted by molar-refractivity contribution is -0.138. The van der Waals surface area contributed by atoms with Crippen LogP contribution in [0.4, 0.5) is 22.4 Å². The molecule has 0 radical (unpaired) electrons. The molecule has 1 fully saturated rings. The Morgan fingerprint density at radius 1 is 1.17 bits per heavy atom. The number of H-pyrrole nitrogens is 1. The average molecular weight is 598 g/mol. The van der Waals surface area contributed by atoms with Crippen molar-refractivity contribution in [3.63, 3.8) is 0 Å². The minimum absolute atomic E-state index is 0.0185. The molecule has 0 saturated heterocycles. The molecule has 3 amide bonds. The lowest BCUT2D eigenvalue weighted by Gasteiger charge is -2.22. The zero-order chi connectivity index (χ0) is 31.4. The van der Waals surface area contributed by atoms with Crippen molar-refractivity contribution in [1.82, 2.24) is 24.4 Å². The van der Waals surface area contributed by atoms with Crippen LogP contribution < -0.4 is 10.2 Å². The molecule has 3 N–H and O–H groups in total. The van der Waals surface area contributed by atoms with Crippen LogP contribution in [0.1, 0.15) is 51.9 Å². The number of aliphatic carboxylic acids is 1. The highest BCUT2D eigenvalue weighted by Gasteiger charge is 2.28. The van der Waals surface area contributed by atoms with Crippen molar-refractivity contribution in [2.45, 2.75) is 54.0 Å². The molecule has 1 aliphatic rings. The summed E-state index contributed by atoms with van der Waals surface area (Å²) in [6.07, 6.45) is 3.98. The van der Waals surface area contributed by atoms with E-state index >= 15 is 0 Å². The topological polar surface area (TPSA) is 136 Å². The Kier molecular flexibility index (Phi) is 13.0. The quantitative estimate of drug-likeness (QED) is 0.200. The summed E-state index contributed by atoms with van der Waals surface area (Å²) in [6, 6.07) is 12.3. The fourth-order valence-electron chi connectivity index (χ4n) is 3.75. The lowest BCUT2D eigenvalue weighted by Crippen LogP contribution is -2.40. The van der Waals surface area contributed by atoms with Gasteiger partial charge >= 0.3 is 12.0 Å². The molecule has 42 heavy (non-hydrogen) atoms. The Hall–Kier alpha value is -4.38. The number of rotatable bonds is 7. The molecule has 11 nitrogen and oxygen atoms in total. The number of imide groups is 1. The lowest BCUT2D eigenvalue weighted by atomic mass is 10.2. The van der Waals surface area contributed by atoms with E-state index in [1.54, 1.807) is 19.3 Å². The van der Waals surface area contributed by atoms with Crippen LogP contribution in [0.3, 0.4) is 0 Å². The molecule has 0 atom stereocenters. The summed E-state index contributed by atoms with van der Waals surface area (Å²) in [5.41, 5.74) is 2.28. The second-order valence-electron chi connectivity index (χ2n) is 8.93. The number of pyridine rings is 1. The van der Waals surface area contributed by atoms with Crippen LogP contribution in [0, 0.1) is 12.8 Å². The highest BCUT2D eigenvalue weighted by Crippen LogP contribution is 2.28. The van der Waals surface area contributed by atoms with Gasteiger partial charge in [0.2, 0.25) is 12.4 Å². The van der Waals surface area contributed by atoms with Gasteiger partial charge in [0.05, 0.1) is 18.2 Å². The normalized spacial score (nSPS) is 11.5. The van der Waals surface area contributed by atoms with Crippen molar-refractivity contribution < 1.29 is 19.5 Å². The molecule has 1 aromatic carbocycles. The standard InChI is InChI=1S/C22H22ClN7O2.C4H6O2.2C2H6/c1-14-20(27-21(28(14)2)26-19-9-4-5-10-24-19)29(3)22(32)30(13-31)12-15-11-16-17(23)7-6-8-18(16)25-15;5-4(6)3-1-2-3;2*1-2/h4-11,13,25H,12H2,1-3H3,(H,24,26,27);3H,1-2H2,(H,5,6);2*1-2H3. The number of carbonyl (C=O) groups excluding carboxylic acids is 2. The van der Waals surface area contributed by atoms with Crippen molar-refractivity contribution in [2.24, 2.45) is 13.0 Å². The predicted octanol–water partition coefficient (Wildman–Crippen LogP) is 6.75. The number of nitrogens with zero attached hydrogens (tertiary/aromatic N) is 5. The van der Waals surface area contributed by atoms with E-state index in [9.17, 15) is 14.4 Å². The van der Waals surface area contributed by atoms with Gasteiger partial charge in [-0.15, -0.1) is 0 Å². The summed E-state index contributed by atoms with van der Waals surface area (Å²) < 4.78 is 1.82. The van der Waals surface area contributed by atoms with Gasteiger partial charge in [-0.05, 0) is 50.1 Å². The van der Waals surface area contributed by atoms with Crippen molar-refractivity contribution in [2.75, 3.05) is 17.3 Å². The van der Waals surface area contributed by atoms with Crippen LogP contribution in [-0.2, 0) is 23.2 Å². The fraction of sp³-hybridized carbons (Fsp3) is 0.367. The molecule has 12 heteroatoms. The Labute approximate surface area is 251 Å². The average Bonchev–Trinajstić information content (AvgIpc) is 3.74. The zero-order valence-corrected chi connectivity index (χ0v) is 25.9. The van der Waals surface area contributed by atoms with Gasteiger partial charge in [0.15, 0.2) is 5.82 Å².